The van der Waals surface area contributed by atoms with Gasteiger partial charge in [0.25, 0.3) is 0 Å². The minimum absolute atomic E-state index is 0.0417. The third-order valence-electron chi connectivity index (χ3n) is 3.26. The van der Waals surface area contributed by atoms with Gasteiger partial charge in [-0.15, -0.1) is 0 Å². The quantitative estimate of drug-likeness (QED) is 0.732. The minimum atomic E-state index is 0.0417. The van der Waals surface area contributed by atoms with Gasteiger partial charge >= 0.3 is 0 Å². The summed E-state index contributed by atoms with van der Waals surface area (Å²) >= 11 is 0. The van der Waals surface area contributed by atoms with E-state index in [1.165, 1.54) is 24.1 Å². The largest absolute Gasteiger partial charge is 0.240 e. The van der Waals surface area contributed by atoms with Gasteiger partial charge in [0, 0.05) is 17.5 Å². The molecule has 1 saturated carbocycles. The Morgan fingerprint density at radius 1 is 1.00 bits per heavy atom. The molecule has 0 spiro atoms. The Hall–Kier alpha value is -0.920. The zero-order valence-corrected chi connectivity index (χ0v) is 12.0. The molecule has 0 saturated heterocycles. The van der Waals surface area contributed by atoms with Crippen LogP contribution in [0.2, 0.25) is 0 Å². The van der Waals surface area contributed by atoms with Gasteiger partial charge in [-0.2, -0.15) is 0 Å². The van der Waals surface area contributed by atoms with Crippen molar-refractivity contribution in [1.82, 2.24) is 9.97 Å². The molecule has 0 bridgehead atoms. The molecule has 0 radical (unpaired) electrons. The molecule has 1 fully saturated rings. The molecule has 2 nitrogen and oxygen atoms in total. The normalized spacial score (nSPS) is 17.3. The Balaban J connectivity index is 2.49. The lowest BCUT2D eigenvalue weighted by Crippen LogP contribution is -2.21. The van der Waals surface area contributed by atoms with E-state index in [2.05, 4.69) is 52.7 Å². The lowest BCUT2D eigenvalue weighted by Gasteiger charge is -2.24. The van der Waals surface area contributed by atoms with Gasteiger partial charge in [-0.05, 0) is 23.8 Å². The molecule has 1 heterocycles. The van der Waals surface area contributed by atoms with Crippen LogP contribution in [0.15, 0.2) is 6.20 Å². The molecular formula is C15H24N2. The highest BCUT2D eigenvalue weighted by Gasteiger charge is 2.33. The van der Waals surface area contributed by atoms with E-state index in [1.807, 2.05) is 0 Å². The number of aromatic nitrogens is 2. The fraction of sp³-hybridized carbons (Fsp3) is 0.733. The van der Waals surface area contributed by atoms with Crippen molar-refractivity contribution in [2.24, 2.45) is 0 Å². The monoisotopic (exact) mass is 232 g/mol. The topological polar surface area (TPSA) is 25.8 Å². The summed E-state index contributed by atoms with van der Waals surface area (Å²) in [6.45, 7) is 13.3. The fourth-order valence-corrected chi connectivity index (χ4v) is 2.00. The number of rotatable bonds is 1. The maximum absolute atomic E-state index is 4.86. The summed E-state index contributed by atoms with van der Waals surface area (Å²) in [7, 11) is 0. The van der Waals surface area contributed by atoms with Crippen molar-refractivity contribution in [2.45, 2.75) is 71.1 Å². The van der Waals surface area contributed by atoms with Crippen LogP contribution in [0.5, 0.6) is 0 Å². The lowest BCUT2D eigenvalue weighted by molar-refractivity contribution is 0.524. The summed E-state index contributed by atoms with van der Waals surface area (Å²) in [6, 6.07) is 0. The van der Waals surface area contributed by atoms with Crippen LogP contribution in [0.25, 0.3) is 0 Å². The van der Waals surface area contributed by atoms with Crippen molar-refractivity contribution in [3.63, 3.8) is 0 Å². The van der Waals surface area contributed by atoms with Crippen LogP contribution in [0.1, 0.15) is 77.4 Å². The number of hydrogen-bond acceptors (Lipinski definition) is 2. The first-order chi connectivity index (χ1) is 7.69. The van der Waals surface area contributed by atoms with Crippen LogP contribution in [0, 0.1) is 0 Å². The molecule has 1 aromatic rings. The van der Waals surface area contributed by atoms with Gasteiger partial charge in [-0.3, -0.25) is 0 Å². The second-order valence-electron chi connectivity index (χ2n) is 7.27. The highest BCUT2D eigenvalue weighted by atomic mass is 14.9. The molecular weight excluding hydrogens is 208 g/mol. The molecule has 1 aromatic heterocycles. The van der Waals surface area contributed by atoms with Gasteiger partial charge in [-0.25, -0.2) is 9.97 Å². The average Bonchev–Trinajstić information content (AvgIpc) is 2.97. The van der Waals surface area contributed by atoms with Crippen LogP contribution >= 0.6 is 0 Å². The highest BCUT2D eigenvalue weighted by Crippen LogP contribution is 2.43. The van der Waals surface area contributed by atoms with E-state index in [0.717, 1.165) is 5.82 Å². The third-order valence-corrected chi connectivity index (χ3v) is 3.26. The molecule has 2 heteroatoms. The molecule has 0 atom stereocenters. The maximum Gasteiger partial charge on any atom is 0.133 e. The second-order valence-corrected chi connectivity index (χ2v) is 7.27. The summed E-state index contributed by atoms with van der Waals surface area (Å²) in [5.74, 6) is 1.67. The standard InChI is InChI=1S/C15H24N2/c1-14(2,3)11-9-16-13(15(4,5)6)17-12(11)10-7-8-10/h9-10H,7-8H2,1-6H3. The molecule has 2 rings (SSSR count). The molecule has 0 aromatic carbocycles. The fourth-order valence-electron chi connectivity index (χ4n) is 2.00. The second kappa shape index (κ2) is 3.79. The number of hydrogen-bond donors (Lipinski definition) is 0. The Morgan fingerprint density at radius 3 is 2.00 bits per heavy atom. The Kier molecular flexibility index (Phi) is 2.80. The first-order valence-corrected chi connectivity index (χ1v) is 6.57. The average molecular weight is 232 g/mol. The summed E-state index contributed by atoms with van der Waals surface area (Å²) < 4.78 is 0. The smallest absolute Gasteiger partial charge is 0.133 e. The first kappa shape index (κ1) is 12.5. The van der Waals surface area contributed by atoms with Crippen molar-refractivity contribution in [3.05, 3.63) is 23.3 Å². The summed E-state index contributed by atoms with van der Waals surface area (Å²) in [5, 5.41) is 0. The van der Waals surface area contributed by atoms with Crippen LogP contribution in [0.3, 0.4) is 0 Å². The maximum atomic E-state index is 4.86. The molecule has 1 aliphatic rings. The van der Waals surface area contributed by atoms with E-state index in [-0.39, 0.29) is 10.8 Å². The first-order valence-electron chi connectivity index (χ1n) is 6.57. The predicted molar refractivity (Wildman–Crippen MR) is 71.4 cm³/mol. The van der Waals surface area contributed by atoms with Crippen LogP contribution in [0.4, 0.5) is 0 Å². The van der Waals surface area contributed by atoms with Crippen molar-refractivity contribution in [2.75, 3.05) is 0 Å². The summed E-state index contributed by atoms with van der Waals surface area (Å²) in [4.78, 5) is 9.44. The van der Waals surface area contributed by atoms with Gasteiger partial charge in [0.15, 0.2) is 0 Å². The van der Waals surface area contributed by atoms with E-state index < -0.39 is 0 Å². The molecule has 0 N–H and O–H groups in total. The van der Waals surface area contributed by atoms with Crippen LogP contribution < -0.4 is 0 Å². The van der Waals surface area contributed by atoms with Crippen molar-refractivity contribution in [3.8, 4) is 0 Å². The van der Waals surface area contributed by atoms with E-state index in [9.17, 15) is 0 Å². The van der Waals surface area contributed by atoms with E-state index in [4.69, 9.17) is 4.98 Å². The van der Waals surface area contributed by atoms with Crippen LogP contribution in [-0.2, 0) is 10.8 Å². The molecule has 0 amide bonds. The van der Waals surface area contributed by atoms with Crippen molar-refractivity contribution < 1.29 is 0 Å². The third kappa shape index (κ3) is 2.67. The predicted octanol–water partition coefficient (Wildman–Crippen LogP) is 3.95. The Bertz CT molecular complexity index is 418. The summed E-state index contributed by atoms with van der Waals surface area (Å²) in [6.07, 6.45) is 4.65. The van der Waals surface area contributed by atoms with Gasteiger partial charge in [0.2, 0.25) is 0 Å². The molecule has 94 valence electrons. The zero-order chi connectivity index (χ0) is 12.8. The number of nitrogens with zero attached hydrogens (tertiary/aromatic N) is 2. The van der Waals surface area contributed by atoms with Crippen molar-refractivity contribution >= 4 is 0 Å². The SMILES string of the molecule is CC(C)(C)c1ncc(C(C)(C)C)c(C2CC2)n1. The molecule has 17 heavy (non-hydrogen) atoms. The Labute approximate surface area is 105 Å². The molecule has 0 unspecified atom stereocenters. The van der Waals surface area contributed by atoms with Crippen molar-refractivity contribution in [1.29, 1.82) is 0 Å². The van der Waals surface area contributed by atoms with E-state index >= 15 is 0 Å². The van der Waals surface area contributed by atoms with Gasteiger partial charge in [-0.1, -0.05) is 41.5 Å². The molecule has 1 aliphatic carbocycles. The Morgan fingerprint density at radius 2 is 1.59 bits per heavy atom. The zero-order valence-electron chi connectivity index (χ0n) is 12.0. The van der Waals surface area contributed by atoms with Crippen LogP contribution in [-0.4, -0.2) is 9.97 Å². The van der Waals surface area contributed by atoms with Gasteiger partial charge < -0.3 is 0 Å². The highest BCUT2D eigenvalue weighted by molar-refractivity contribution is 5.31. The minimum Gasteiger partial charge on any atom is -0.240 e. The summed E-state index contributed by atoms with van der Waals surface area (Å²) in [5.41, 5.74) is 2.82. The van der Waals surface area contributed by atoms with E-state index in [1.54, 1.807) is 0 Å². The molecule has 0 aliphatic heterocycles. The van der Waals surface area contributed by atoms with Gasteiger partial charge in [0.05, 0.1) is 5.69 Å². The van der Waals surface area contributed by atoms with E-state index in [0.29, 0.717) is 5.92 Å². The van der Waals surface area contributed by atoms with Gasteiger partial charge in [0.1, 0.15) is 5.82 Å². The lowest BCUT2D eigenvalue weighted by atomic mass is 9.85.